The molecule has 1 atom stereocenters. The monoisotopic (exact) mass is 568 g/mol. The van der Waals surface area contributed by atoms with Gasteiger partial charge >= 0.3 is 6.18 Å². The SMILES string of the molecule is CSNC(=O)c1nc(Cl)ccc1NC(C)c1cc(C)cc2c(=O)n(C)c(N(C)CC3(C(F)(F)F)CC3)nc12. The molecule has 38 heavy (non-hydrogen) atoms. The van der Waals surface area contributed by atoms with Gasteiger partial charge in [-0.25, -0.2) is 9.97 Å². The Morgan fingerprint density at radius 2 is 1.97 bits per heavy atom. The van der Waals surface area contributed by atoms with Crippen LogP contribution in [0.2, 0.25) is 5.15 Å². The molecule has 1 unspecified atom stereocenters. The summed E-state index contributed by atoms with van der Waals surface area (Å²) < 4.78 is 44.8. The van der Waals surface area contributed by atoms with E-state index in [1.165, 1.54) is 23.6 Å². The number of hydrogen-bond acceptors (Lipinski definition) is 7. The third-order valence-electron chi connectivity index (χ3n) is 6.78. The van der Waals surface area contributed by atoms with Gasteiger partial charge in [0.25, 0.3) is 11.5 Å². The molecule has 1 amide bonds. The molecule has 0 bridgehead atoms. The molecule has 0 aliphatic heterocycles. The van der Waals surface area contributed by atoms with Crippen molar-refractivity contribution >= 4 is 52.0 Å². The third kappa shape index (κ3) is 5.28. The number of anilines is 2. The number of halogens is 4. The first kappa shape index (κ1) is 28.0. The maximum absolute atomic E-state index is 13.6. The number of rotatable bonds is 8. The van der Waals surface area contributed by atoms with E-state index in [9.17, 15) is 22.8 Å². The van der Waals surface area contributed by atoms with Crippen LogP contribution >= 0.6 is 23.5 Å². The van der Waals surface area contributed by atoms with E-state index >= 15 is 0 Å². The first-order valence-electron chi connectivity index (χ1n) is 11.8. The Hall–Kier alpha value is -2.99. The normalized spacial score (nSPS) is 15.3. The Morgan fingerprint density at radius 3 is 2.58 bits per heavy atom. The molecule has 0 spiro atoms. The number of benzene rings is 1. The Balaban J connectivity index is 1.77. The van der Waals surface area contributed by atoms with Crippen LogP contribution in [0.4, 0.5) is 24.8 Å². The first-order chi connectivity index (χ1) is 17.8. The molecule has 8 nitrogen and oxygen atoms in total. The minimum Gasteiger partial charge on any atom is -0.377 e. The molecule has 0 radical (unpaired) electrons. The van der Waals surface area contributed by atoms with Crippen molar-refractivity contribution in [2.45, 2.75) is 38.9 Å². The molecule has 2 aromatic heterocycles. The number of aromatic nitrogens is 3. The lowest BCUT2D eigenvalue weighted by atomic mass is 10.0. The summed E-state index contributed by atoms with van der Waals surface area (Å²) in [5, 5.41) is 3.76. The molecule has 1 saturated carbocycles. The van der Waals surface area contributed by atoms with Crippen molar-refractivity contribution < 1.29 is 18.0 Å². The van der Waals surface area contributed by atoms with Gasteiger partial charge in [0.2, 0.25) is 5.95 Å². The van der Waals surface area contributed by atoms with Crippen molar-refractivity contribution in [2.24, 2.45) is 12.5 Å². The Labute approximate surface area is 227 Å². The maximum atomic E-state index is 13.6. The lowest BCUT2D eigenvalue weighted by molar-refractivity contribution is -0.183. The summed E-state index contributed by atoms with van der Waals surface area (Å²) in [4.78, 5) is 36.1. The van der Waals surface area contributed by atoms with Crippen molar-refractivity contribution in [1.82, 2.24) is 19.3 Å². The highest BCUT2D eigenvalue weighted by Gasteiger charge is 2.63. The number of amides is 1. The zero-order valence-electron chi connectivity index (χ0n) is 21.5. The van der Waals surface area contributed by atoms with Crippen molar-refractivity contribution in [1.29, 1.82) is 0 Å². The zero-order chi connectivity index (χ0) is 28.0. The summed E-state index contributed by atoms with van der Waals surface area (Å²) >= 11 is 7.15. The van der Waals surface area contributed by atoms with Crippen LogP contribution in [0.15, 0.2) is 29.1 Å². The van der Waals surface area contributed by atoms with Crippen LogP contribution in [0.5, 0.6) is 0 Å². The Morgan fingerprint density at radius 1 is 1.29 bits per heavy atom. The summed E-state index contributed by atoms with van der Waals surface area (Å²) in [5.41, 5.74) is 0.204. The van der Waals surface area contributed by atoms with Gasteiger partial charge in [-0.2, -0.15) is 13.2 Å². The average molecular weight is 569 g/mol. The van der Waals surface area contributed by atoms with Gasteiger partial charge in [-0.05, 0) is 50.5 Å². The number of carbonyl (C=O) groups excluding carboxylic acids is 1. The van der Waals surface area contributed by atoms with E-state index in [1.54, 1.807) is 24.5 Å². The highest BCUT2D eigenvalue weighted by molar-refractivity contribution is 7.97. The zero-order valence-corrected chi connectivity index (χ0v) is 23.1. The third-order valence-corrected chi connectivity index (χ3v) is 7.38. The molecule has 3 aromatic rings. The fourth-order valence-electron chi connectivity index (χ4n) is 4.60. The molecule has 2 N–H and O–H groups in total. The van der Waals surface area contributed by atoms with Gasteiger partial charge in [-0.15, -0.1) is 0 Å². The fraction of sp³-hybridized carbons (Fsp3) is 0.440. The van der Waals surface area contributed by atoms with Crippen LogP contribution in [0.1, 0.15) is 47.4 Å². The van der Waals surface area contributed by atoms with Crippen LogP contribution in [-0.4, -0.2) is 46.5 Å². The molecule has 1 fully saturated rings. The van der Waals surface area contributed by atoms with E-state index in [0.717, 1.165) is 17.5 Å². The summed E-state index contributed by atoms with van der Waals surface area (Å²) in [6.07, 6.45) is -2.52. The highest BCUT2D eigenvalue weighted by atomic mass is 35.5. The van der Waals surface area contributed by atoms with E-state index in [1.807, 2.05) is 19.9 Å². The standard InChI is InChI=1S/C25H28ClF3N6O2S/c1-13-10-15(14(2)30-17-6-7-18(26)31-20(17)21(36)33-38-5)19-16(11-13)22(37)35(4)23(32-19)34(3)12-24(8-9-24)25(27,28)29/h6-7,10-11,14,30H,8-9,12H2,1-5H3,(H,33,36). The van der Waals surface area contributed by atoms with Crippen molar-refractivity contribution in [3.8, 4) is 0 Å². The maximum Gasteiger partial charge on any atom is 0.396 e. The van der Waals surface area contributed by atoms with Gasteiger partial charge in [-0.3, -0.25) is 18.9 Å². The van der Waals surface area contributed by atoms with Crippen molar-refractivity contribution in [3.05, 3.63) is 56.6 Å². The number of fused-ring (bicyclic) bond motifs is 1. The molecule has 1 aliphatic carbocycles. The van der Waals surface area contributed by atoms with E-state index in [-0.39, 0.29) is 41.7 Å². The lowest BCUT2D eigenvalue weighted by Crippen LogP contribution is -2.39. The van der Waals surface area contributed by atoms with Crippen LogP contribution < -0.4 is 20.5 Å². The number of hydrogen-bond donors (Lipinski definition) is 2. The molecular weight excluding hydrogens is 541 g/mol. The van der Waals surface area contributed by atoms with E-state index in [2.05, 4.69) is 15.0 Å². The fourth-order valence-corrected chi connectivity index (χ4v) is 5.03. The quantitative estimate of drug-likeness (QED) is 0.283. The number of carbonyl (C=O) groups is 1. The summed E-state index contributed by atoms with van der Waals surface area (Å²) in [6, 6.07) is 6.31. The minimum absolute atomic E-state index is 0.0509. The molecule has 204 valence electrons. The summed E-state index contributed by atoms with van der Waals surface area (Å²) in [7, 11) is 3.03. The summed E-state index contributed by atoms with van der Waals surface area (Å²) in [5.74, 6) is -0.290. The van der Waals surface area contributed by atoms with Crippen LogP contribution in [0.25, 0.3) is 10.9 Å². The molecule has 13 heteroatoms. The van der Waals surface area contributed by atoms with Gasteiger partial charge in [0, 0.05) is 32.5 Å². The number of alkyl halides is 3. The lowest BCUT2D eigenvalue weighted by Gasteiger charge is -2.28. The van der Waals surface area contributed by atoms with E-state index in [4.69, 9.17) is 16.6 Å². The summed E-state index contributed by atoms with van der Waals surface area (Å²) in [6.45, 7) is 3.39. The van der Waals surface area contributed by atoms with Crippen LogP contribution in [0.3, 0.4) is 0 Å². The molecule has 4 rings (SSSR count). The molecule has 1 aromatic carbocycles. The van der Waals surface area contributed by atoms with Gasteiger partial charge < -0.3 is 10.2 Å². The van der Waals surface area contributed by atoms with Crippen molar-refractivity contribution in [3.63, 3.8) is 0 Å². The Bertz CT molecular complexity index is 1460. The largest absolute Gasteiger partial charge is 0.396 e. The molecule has 1 aliphatic rings. The average Bonchev–Trinajstić information content (AvgIpc) is 3.63. The van der Waals surface area contributed by atoms with Gasteiger partial charge in [0.15, 0.2) is 5.69 Å². The minimum atomic E-state index is -4.33. The topological polar surface area (TPSA) is 92.2 Å². The highest BCUT2D eigenvalue weighted by Crippen LogP contribution is 2.58. The van der Waals surface area contributed by atoms with Crippen LogP contribution in [-0.2, 0) is 7.05 Å². The second-order valence-corrected chi connectivity index (χ2v) is 10.7. The van der Waals surface area contributed by atoms with Gasteiger partial charge in [0.1, 0.15) is 5.15 Å². The molecule has 0 saturated heterocycles. The second kappa shape index (κ2) is 10.3. The number of nitrogens with one attached hydrogen (secondary N) is 2. The van der Waals surface area contributed by atoms with Crippen LogP contribution in [0, 0.1) is 12.3 Å². The Kier molecular flexibility index (Phi) is 7.59. The van der Waals surface area contributed by atoms with Gasteiger partial charge in [0.05, 0.1) is 28.0 Å². The molecular formula is C25H28ClF3N6O2S. The predicted octanol–water partition coefficient (Wildman–Crippen LogP) is 5.25. The number of nitrogens with zero attached hydrogens (tertiary/aromatic N) is 4. The van der Waals surface area contributed by atoms with E-state index < -0.39 is 23.5 Å². The smallest absolute Gasteiger partial charge is 0.377 e. The first-order valence-corrected chi connectivity index (χ1v) is 13.4. The predicted molar refractivity (Wildman–Crippen MR) is 145 cm³/mol. The number of pyridine rings is 1. The number of aryl methyl sites for hydroxylation is 1. The van der Waals surface area contributed by atoms with Crippen molar-refractivity contribution in [2.75, 3.05) is 30.1 Å². The van der Waals surface area contributed by atoms with E-state index in [0.29, 0.717) is 22.2 Å². The molecule has 2 heterocycles. The van der Waals surface area contributed by atoms with Gasteiger partial charge in [-0.1, -0.05) is 29.6 Å². The second-order valence-electron chi connectivity index (χ2n) is 9.69.